The van der Waals surface area contributed by atoms with Crippen molar-refractivity contribution in [1.82, 2.24) is 9.55 Å². The van der Waals surface area contributed by atoms with Gasteiger partial charge in [-0.2, -0.15) is 0 Å². The van der Waals surface area contributed by atoms with E-state index in [1.54, 1.807) is 0 Å². The van der Waals surface area contributed by atoms with Crippen LogP contribution in [0, 0.1) is 13.8 Å². The minimum atomic E-state index is -0.313. The van der Waals surface area contributed by atoms with Crippen LogP contribution in [0.1, 0.15) is 115 Å². The molecule has 0 fully saturated rings. The van der Waals surface area contributed by atoms with E-state index < -0.39 is 0 Å². The first kappa shape index (κ1) is 42.9. The fourth-order valence-corrected chi connectivity index (χ4v) is 9.19. The Labute approximate surface area is 381 Å². The van der Waals surface area contributed by atoms with Crippen molar-refractivity contribution in [3.05, 3.63) is 179 Å². The molecular formula is C59H64N4O. The van der Waals surface area contributed by atoms with Crippen LogP contribution in [-0.4, -0.2) is 16.2 Å². The minimum Gasteiger partial charge on any atom is -0.457 e. The van der Waals surface area contributed by atoms with Gasteiger partial charge in [0.05, 0.1) is 22.4 Å². The van der Waals surface area contributed by atoms with Crippen molar-refractivity contribution in [3.8, 4) is 17.3 Å². The topological polar surface area (TPSA) is 33.5 Å². The molecule has 64 heavy (non-hydrogen) atoms. The van der Waals surface area contributed by atoms with Gasteiger partial charge in [-0.05, 0) is 142 Å². The van der Waals surface area contributed by atoms with Gasteiger partial charge in [0.1, 0.15) is 24.0 Å². The van der Waals surface area contributed by atoms with Gasteiger partial charge in [-0.15, -0.1) is 0 Å². The zero-order chi connectivity index (χ0) is 45.5. The predicted molar refractivity (Wildman–Crippen MR) is 271 cm³/mol. The van der Waals surface area contributed by atoms with Crippen LogP contribution < -0.4 is 14.5 Å². The van der Waals surface area contributed by atoms with Crippen LogP contribution in [0.15, 0.2) is 140 Å². The Hall–Kier alpha value is -6.33. The van der Waals surface area contributed by atoms with E-state index in [-0.39, 0.29) is 21.7 Å². The largest absolute Gasteiger partial charge is 0.457 e. The highest BCUT2D eigenvalue weighted by Gasteiger charge is 2.32. The Morgan fingerprint density at radius 2 is 1.06 bits per heavy atom. The monoisotopic (exact) mass is 845 g/mol. The maximum Gasteiger partial charge on any atom is 0.137 e. The van der Waals surface area contributed by atoms with Gasteiger partial charge in [-0.25, -0.2) is 4.98 Å². The number of hydrogen-bond donors (Lipinski definition) is 0. The normalized spacial score (nSPS) is 13.6. The molecule has 5 nitrogen and oxygen atoms in total. The number of rotatable bonds is 7. The molecule has 0 atom stereocenters. The quantitative estimate of drug-likeness (QED) is 0.160. The van der Waals surface area contributed by atoms with E-state index in [0.29, 0.717) is 6.67 Å². The van der Waals surface area contributed by atoms with Crippen LogP contribution in [0.25, 0.3) is 27.6 Å². The van der Waals surface area contributed by atoms with Crippen molar-refractivity contribution in [2.45, 2.75) is 112 Å². The van der Waals surface area contributed by atoms with E-state index in [4.69, 9.17) is 9.72 Å². The first-order valence-electron chi connectivity index (χ1n) is 22.9. The van der Waals surface area contributed by atoms with Crippen LogP contribution in [-0.2, 0) is 21.7 Å². The first-order chi connectivity index (χ1) is 30.2. The first-order valence-corrected chi connectivity index (χ1v) is 22.9. The van der Waals surface area contributed by atoms with E-state index in [1.165, 1.54) is 66.8 Å². The standard InChI is InChI=1S/C59H64N4O/c1-38-28-53-54(29-39(38)2)62(37-61(53)45-21-17-20-41(30-45)56(3,4)5)46-31-44(59(12,13)40-18-15-14-16-19-40)32-48(35-46)64-47-23-24-49-50-33-42(57(6,7)8)22-25-51(50)63(52(49)36-47)55-34-43(26-27-60-55)58(9,10)11/h14-36H,37H2,1-13H3. The lowest BCUT2D eigenvalue weighted by molar-refractivity contribution is 0.480. The lowest BCUT2D eigenvalue weighted by Gasteiger charge is -2.29. The molecule has 1 aliphatic rings. The molecule has 1 aliphatic heterocycles. The summed E-state index contributed by atoms with van der Waals surface area (Å²) in [5.41, 5.74) is 15.4. The zero-order valence-corrected chi connectivity index (χ0v) is 40.2. The van der Waals surface area contributed by atoms with Gasteiger partial charge in [0.25, 0.3) is 0 Å². The fourth-order valence-electron chi connectivity index (χ4n) is 9.19. The molecule has 6 aromatic carbocycles. The van der Waals surface area contributed by atoms with E-state index in [1.807, 2.05) is 6.20 Å². The second kappa shape index (κ2) is 15.4. The van der Waals surface area contributed by atoms with Gasteiger partial charge in [0, 0.05) is 45.9 Å². The summed E-state index contributed by atoms with van der Waals surface area (Å²) in [4.78, 5) is 9.92. The molecule has 2 aromatic heterocycles. The number of fused-ring (bicyclic) bond motifs is 4. The van der Waals surface area contributed by atoms with Crippen molar-refractivity contribution in [2.75, 3.05) is 16.5 Å². The summed E-state index contributed by atoms with van der Waals surface area (Å²) in [7, 11) is 0. The van der Waals surface area contributed by atoms with E-state index in [9.17, 15) is 0 Å². The van der Waals surface area contributed by atoms with Gasteiger partial charge in [-0.1, -0.05) is 125 Å². The minimum absolute atomic E-state index is 0.00713. The third kappa shape index (κ3) is 7.84. The maximum atomic E-state index is 7.12. The number of nitrogens with zero attached hydrogens (tertiary/aromatic N) is 4. The van der Waals surface area contributed by atoms with Gasteiger partial charge in [0.15, 0.2) is 0 Å². The molecular weight excluding hydrogens is 781 g/mol. The Balaban J connectivity index is 1.21. The molecule has 0 unspecified atom stereocenters. The van der Waals surface area contributed by atoms with Crippen molar-refractivity contribution >= 4 is 44.6 Å². The average Bonchev–Trinajstić information content (AvgIpc) is 3.78. The lowest BCUT2D eigenvalue weighted by Crippen LogP contribution is -2.25. The Kier molecular flexibility index (Phi) is 10.4. The molecule has 9 rings (SSSR count). The molecule has 0 radical (unpaired) electrons. The number of hydrogen-bond acceptors (Lipinski definition) is 4. The molecule has 0 saturated carbocycles. The number of aromatic nitrogens is 2. The Bertz CT molecular complexity index is 3060. The second-order valence-corrected chi connectivity index (χ2v) is 21.7. The number of anilines is 4. The lowest BCUT2D eigenvalue weighted by atomic mass is 9.78. The van der Waals surface area contributed by atoms with Crippen LogP contribution in [0.5, 0.6) is 11.5 Å². The average molecular weight is 845 g/mol. The highest BCUT2D eigenvalue weighted by molar-refractivity contribution is 6.10. The summed E-state index contributed by atoms with van der Waals surface area (Å²) >= 11 is 0. The Morgan fingerprint density at radius 1 is 0.453 bits per heavy atom. The number of pyridine rings is 1. The van der Waals surface area contributed by atoms with Gasteiger partial charge in [0.2, 0.25) is 0 Å². The van der Waals surface area contributed by atoms with Gasteiger partial charge >= 0.3 is 0 Å². The Morgan fingerprint density at radius 3 is 1.73 bits per heavy atom. The van der Waals surface area contributed by atoms with Crippen LogP contribution in [0.3, 0.4) is 0 Å². The smallest absolute Gasteiger partial charge is 0.137 e. The molecule has 326 valence electrons. The predicted octanol–water partition coefficient (Wildman–Crippen LogP) is 16.1. The van der Waals surface area contributed by atoms with Crippen molar-refractivity contribution in [2.24, 2.45) is 0 Å². The molecule has 5 heteroatoms. The second-order valence-electron chi connectivity index (χ2n) is 21.7. The molecule has 0 bridgehead atoms. The molecule has 0 aliphatic carbocycles. The van der Waals surface area contributed by atoms with E-state index in [0.717, 1.165) is 34.0 Å². The molecule has 0 amide bonds. The van der Waals surface area contributed by atoms with E-state index >= 15 is 0 Å². The third-order valence-corrected chi connectivity index (χ3v) is 13.6. The summed E-state index contributed by atoms with van der Waals surface area (Å²) in [6.45, 7) is 30.2. The SMILES string of the molecule is Cc1cc2c(cc1C)N(c1cc(Oc3ccc4c5cc(C(C)(C)C)ccc5n(-c5cc(C(C)(C)C)ccn5)c4c3)cc(C(C)(C)c3ccccc3)c1)CN2c1cccc(C(C)(C)C)c1. The van der Waals surface area contributed by atoms with Crippen LogP contribution >= 0.6 is 0 Å². The molecule has 0 saturated heterocycles. The molecule has 8 aromatic rings. The van der Waals surface area contributed by atoms with Crippen LogP contribution in [0.4, 0.5) is 22.7 Å². The highest BCUT2D eigenvalue weighted by atomic mass is 16.5. The highest BCUT2D eigenvalue weighted by Crippen LogP contribution is 2.48. The van der Waals surface area contributed by atoms with Crippen molar-refractivity contribution in [3.63, 3.8) is 0 Å². The molecule has 0 N–H and O–H groups in total. The summed E-state index contributed by atoms with van der Waals surface area (Å²) in [6, 6.07) is 49.3. The fraction of sp³-hybridized carbons (Fsp3) is 0.305. The number of benzene rings is 6. The number of ether oxygens (including phenoxy) is 1. The summed E-state index contributed by atoms with van der Waals surface area (Å²) in [5, 5.41) is 2.38. The maximum absolute atomic E-state index is 7.12. The number of aryl methyl sites for hydroxylation is 2. The summed E-state index contributed by atoms with van der Waals surface area (Å²) < 4.78 is 9.44. The van der Waals surface area contributed by atoms with Crippen molar-refractivity contribution in [1.29, 1.82) is 0 Å². The van der Waals surface area contributed by atoms with Crippen molar-refractivity contribution < 1.29 is 4.74 Å². The molecule has 3 heterocycles. The van der Waals surface area contributed by atoms with Gasteiger partial charge < -0.3 is 14.5 Å². The van der Waals surface area contributed by atoms with Crippen LogP contribution in [0.2, 0.25) is 0 Å². The molecule has 0 spiro atoms. The van der Waals surface area contributed by atoms with E-state index in [2.05, 4.69) is 238 Å². The summed E-state index contributed by atoms with van der Waals surface area (Å²) in [5.74, 6) is 2.46. The third-order valence-electron chi connectivity index (χ3n) is 13.6. The van der Waals surface area contributed by atoms with Gasteiger partial charge in [-0.3, -0.25) is 4.57 Å². The zero-order valence-electron chi connectivity index (χ0n) is 40.2. The summed E-state index contributed by atoms with van der Waals surface area (Å²) in [6.07, 6.45) is 1.95.